The monoisotopic (exact) mass is 716 g/mol. The highest BCUT2D eigenvalue weighted by Crippen LogP contribution is 2.24. The normalized spacial score (nSPS) is 10.8. The molecule has 0 bridgehead atoms. The van der Waals surface area contributed by atoms with E-state index in [1.807, 2.05) is 18.2 Å². The van der Waals surface area contributed by atoms with Crippen LogP contribution in [0.2, 0.25) is 0 Å². The Bertz CT molecular complexity index is 2050. The Labute approximate surface area is 326 Å². The molecule has 0 aliphatic heterocycles. The Balaban J connectivity index is 1.11. The third kappa shape index (κ3) is 13.5. The van der Waals surface area contributed by atoms with Crippen molar-refractivity contribution in [2.24, 2.45) is 0 Å². The minimum Gasteiger partial charge on any atom is -0.494 e. The molecule has 5 aromatic rings. The summed E-state index contributed by atoms with van der Waals surface area (Å²) >= 11 is 0. The zero-order chi connectivity index (χ0) is 37.6. The zero-order valence-electron chi connectivity index (χ0n) is 33.0. The van der Waals surface area contributed by atoms with Gasteiger partial charge in [-0.15, -0.1) is 0 Å². The lowest BCUT2D eigenvalue weighted by molar-refractivity contribution is 0.304. The van der Waals surface area contributed by atoms with E-state index in [0.717, 1.165) is 76.1 Å². The van der Waals surface area contributed by atoms with Crippen LogP contribution in [-0.4, -0.2) is 13.2 Å². The zero-order valence-corrected chi connectivity index (χ0v) is 33.0. The van der Waals surface area contributed by atoms with E-state index in [-0.39, 0.29) is 0 Å². The molecule has 0 aliphatic rings. The Kier molecular flexibility index (Phi) is 17.1. The highest BCUT2D eigenvalue weighted by molar-refractivity contribution is 5.86. The number of hydrogen-bond acceptors (Lipinski definition) is 2. The first-order valence-electron chi connectivity index (χ1n) is 20.8. The molecule has 0 spiro atoms. The molecule has 0 saturated carbocycles. The summed E-state index contributed by atoms with van der Waals surface area (Å²) in [5.41, 5.74) is 4.81. The lowest BCUT2D eigenvalue weighted by atomic mass is 10.0. The number of ether oxygens (including phenoxy) is 2. The molecule has 0 fully saturated rings. The van der Waals surface area contributed by atoms with E-state index < -0.39 is 0 Å². The van der Waals surface area contributed by atoms with Crippen molar-refractivity contribution in [3.8, 4) is 35.2 Å². The highest BCUT2D eigenvalue weighted by Gasteiger charge is 2.03. The number of rotatable bonds is 21. The second kappa shape index (κ2) is 23.0. The van der Waals surface area contributed by atoms with Crippen LogP contribution in [0, 0.1) is 23.7 Å². The summed E-state index contributed by atoms with van der Waals surface area (Å²) in [6.07, 6.45) is 22.7. The molecule has 5 aromatic carbocycles. The standard InChI is InChI=1S/C52H60O2/c1-4-7-9-11-13-15-17-19-35-53-51-33-31-47-38-43(25-29-49(47)40-51)22-21-42-23-27-46(45(6-3)37-42)28-24-44-26-30-50-41-52(34-32-48(50)39-44)54-36-20-18-16-14-12-10-8-5-2/h6,23,25-27,29-34,37-41H,3-5,7-20,35-36H2,1-2H3. The van der Waals surface area contributed by atoms with Crippen LogP contribution in [0.25, 0.3) is 27.6 Å². The first-order valence-corrected chi connectivity index (χ1v) is 20.8. The molecule has 0 radical (unpaired) electrons. The van der Waals surface area contributed by atoms with Crippen molar-refractivity contribution in [3.63, 3.8) is 0 Å². The SMILES string of the molecule is C=Cc1cc(C#Cc2ccc3cc(OCCCCCCCCCC)ccc3c2)ccc1C#Cc1ccc2cc(OCCCCCCCCCC)ccc2c1. The van der Waals surface area contributed by atoms with Crippen LogP contribution in [0.15, 0.2) is 97.6 Å². The molecule has 0 saturated heterocycles. The second-order valence-electron chi connectivity index (χ2n) is 14.6. The molecule has 5 rings (SSSR count). The molecule has 0 aliphatic carbocycles. The summed E-state index contributed by atoms with van der Waals surface area (Å²) in [5, 5.41) is 4.65. The fraction of sp³-hybridized carbons (Fsp3) is 0.385. The predicted molar refractivity (Wildman–Crippen MR) is 233 cm³/mol. The van der Waals surface area contributed by atoms with E-state index in [1.165, 1.54) is 101 Å². The van der Waals surface area contributed by atoms with Crippen molar-refractivity contribution in [2.75, 3.05) is 13.2 Å². The fourth-order valence-corrected chi connectivity index (χ4v) is 6.84. The number of unbranched alkanes of at least 4 members (excludes halogenated alkanes) is 14. The molecule has 0 aromatic heterocycles. The summed E-state index contributed by atoms with van der Waals surface area (Å²) in [4.78, 5) is 0. The Morgan fingerprint density at radius 1 is 0.426 bits per heavy atom. The molecule has 280 valence electrons. The number of hydrogen-bond donors (Lipinski definition) is 0. The summed E-state index contributed by atoms with van der Waals surface area (Å²) in [6, 6.07) is 31.6. The van der Waals surface area contributed by atoms with Gasteiger partial charge in [0.25, 0.3) is 0 Å². The van der Waals surface area contributed by atoms with Crippen LogP contribution in [0.5, 0.6) is 11.5 Å². The Hall–Kier alpha value is -4.92. The second-order valence-corrected chi connectivity index (χ2v) is 14.6. The van der Waals surface area contributed by atoms with Gasteiger partial charge in [-0.25, -0.2) is 0 Å². The Morgan fingerprint density at radius 2 is 0.815 bits per heavy atom. The third-order valence-corrected chi connectivity index (χ3v) is 10.1. The van der Waals surface area contributed by atoms with E-state index in [1.54, 1.807) is 0 Å². The Morgan fingerprint density at radius 3 is 1.30 bits per heavy atom. The maximum atomic E-state index is 6.07. The van der Waals surface area contributed by atoms with Gasteiger partial charge in [-0.2, -0.15) is 0 Å². The van der Waals surface area contributed by atoms with Gasteiger partial charge in [0.15, 0.2) is 0 Å². The molecule has 0 heterocycles. The van der Waals surface area contributed by atoms with Gasteiger partial charge >= 0.3 is 0 Å². The van der Waals surface area contributed by atoms with E-state index in [4.69, 9.17) is 9.47 Å². The van der Waals surface area contributed by atoms with Crippen LogP contribution in [0.1, 0.15) is 144 Å². The van der Waals surface area contributed by atoms with Crippen LogP contribution in [-0.2, 0) is 0 Å². The largest absolute Gasteiger partial charge is 0.494 e. The van der Waals surface area contributed by atoms with Crippen LogP contribution in [0.3, 0.4) is 0 Å². The van der Waals surface area contributed by atoms with Crippen molar-refractivity contribution in [1.29, 1.82) is 0 Å². The minimum atomic E-state index is 0.778. The smallest absolute Gasteiger partial charge is 0.119 e. The molecular weight excluding hydrogens is 657 g/mol. The van der Waals surface area contributed by atoms with Crippen LogP contribution >= 0.6 is 0 Å². The van der Waals surface area contributed by atoms with Crippen molar-refractivity contribution in [2.45, 2.75) is 117 Å². The van der Waals surface area contributed by atoms with E-state index in [9.17, 15) is 0 Å². The maximum Gasteiger partial charge on any atom is 0.119 e. The van der Waals surface area contributed by atoms with Crippen molar-refractivity contribution in [1.82, 2.24) is 0 Å². The first kappa shape index (κ1) is 40.3. The van der Waals surface area contributed by atoms with Gasteiger partial charge in [0, 0.05) is 22.3 Å². The quantitative estimate of drug-likeness (QED) is 0.0556. The fourth-order valence-electron chi connectivity index (χ4n) is 6.84. The summed E-state index contributed by atoms with van der Waals surface area (Å²) in [5.74, 6) is 15.3. The lowest BCUT2D eigenvalue weighted by Crippen LogP contribution is -1.97. The van der Waals surface area contributed by atoms with Gasteiger partial charge in [-0.05, 0) is 107 Å². The van der Waals surface area contributed by atoms with Crippen molar-refractivity contribution in [3.05, 3.63) is 125 Å². The van der Waals surface area contributed by atoms with Gasteiger partial charge in [0.1, 0.15) is 11.5 Å². The van der Waals surface area contributed by atoms with Gasteiger partial charge < -0.3 is 9.47 Å². The van der Waals surface area contributed by atoms with Gasteiger partial charge in [-0.3, -0.25) is 0 Å². The molecule has 0 unspecified atom stereocenters. The molecule has 2 heteroatoms. The molecule has 0 amide bonds. The number of fused-ring (bicyclic) bond motifs is 2. The van der Waals surface area contributed by atoms with Crippen LogP contribution < -0.4 is 9.47 Å². The molecule has 54 heavy (non-hydrogen) atoms. The first-order chi connectivity index (χ1) is 26.6. The van der Waals surface area contributed by atoms with Gasteiger partial charge in [0.05, 0.1) is 13.2 Å². The van der Waals surface area contributed by atoms with Crippen molar-refractivity contribution >= 4 is 27.6 Å². The van der Waals surface area contributed by atoms with Gasteiger partial charge in [0.2, 0.25) is 0 Å². The molecular formula is C52H60O2. The molecule has 2 nitrogen and oxygen atoms in total. The summed E-state index contributed by atoms with van der Waals surface area (Å²) in [6.45, 7) is 10.1. The molecule has 0 N–H and O–H groups in total. The van der Waals surface area contributed by atoms with E-state index in [2.05, 4.69) is 123 Å². The maximum absolute atomic E-state index is 6.07. The molecule has 0 atom stereocenters. The summed E-state index contributed by atoms with van der Waals surface area (Å²) < 4.78 is 12.1. The van der Waals surface area contributed by atoms with E-state index in [0.29, 0.717) is 0 Å². The summed E-state index contributed by atoms with van der Waals surface area (Å²) in [7, 11) is 0. The number of benzene rings is 5. The predicted octanol–water partition coefficient (Wildman–Crippen LogP) is 14.5. The van der Waals surface area contributed by atoms with Gasteiger partial charge in [-0.1, -0.05) is 164 Å². The lowest BCUT2D eigenvalue weighted by Gasteiger charge is -2.08. The minimum absolute atomic E-state index is 0.778. The average Bonchev–Trinajstić information content (AvgIpc) is 3.20. The van der Waals surface area contributed by atoms with Crippen molar-refractivity contribution < 1.29 is 9.47 Å². The third-order valence-electron chi connectivity index (χ3n) is 10.1. The van der Waals surface area contributed by atoms with Crippen LogP contribution in [0.4, 0.5) is 0 Å². The topological polar surface area (TPSA) is 18.5 Å². The average molecular weight is 717 g/mol. The van der Waals surface area contributed by atoms with E-state index >= 15 is 0 Å². The highest BCUT2D eigenvalue weighted by atomic mass is 16.5.